The summed E-state index contributed by atoms with van der Waals surface area (Å²) < 4.78 is 55.0. The molecule has 1 saturated heterocycles. The molecule has 2 aromatic rings. The third kappa shape index (κ3) is 3.45. The van der Waals surface area contributed by atoms with Gasteiger partial charge in [0.05, 0.1) is 24.9 Å². The molecule has 11 heteroatoms. The average molecular weight is 437 g/mol. The van der Waals surface area contributed by atoms with E-state index in [9.17, 15) is 22.5 Å². The van der Waals surface area contributed by atoms with Gasteiger partial charge in [0.2, 0.25) is 0 Å². The second-order valence-electron chi connectivity index (χ2n) is 7.91. The molecule has 30 heavy (non-hydrogen) atoms. The van der Waals surface area contributed by atoms with Gasteiger partial charge in [-0.25, -0.2) is 13.9 Å². The van der Waals surface area contributed by atoms with Gasteiger partial charge in [0.1, 0.15) is 17.3 Å². The number of para-hydroxylation sites is 1. The second kappa shape index (κ2) is 7.30. The van der Waals surface area contributed by atoms with Gasteiger partial charge in [-0.05, 0) is 18.9 Å². The van der Waals surface area contributed by atoms with Crippen molar-refractivity contribution in [3.8, 4) is 11.8 Å². The van der Waals surface area contributed by atoms with E-state index < -0.39 is 29.2 Å². The molecule has 2 N–H and O–H groups in total. The molecule has 1 aromatic heterocycles. The number of nitrogens with zero attached hydrogens (tertiary/aromatic N) is 4. The third-order valence-electron chi connectivity index (χ3n) is 5.93. The summed E-state index contributed by atoms with van der Waals surface area (Å²) in [5.74, 6) is 0.605. The number of fused-ring (bicyclic) bond motifs is 1. The Bertz CT molecular complexity index is 1120. The van der Waals surface area contributed by atoms with Gasteiger partial charge in [0.15, 0.2) is 0 Å². The summed E-state index contributed by atoms with van der Waals surface area (Å²) in [5.41, 5.74) is 1.67. The van der Waals surface area contributed by atoms with Crippen molar-refractivity contribution < 1.29 is 21.9 Å². The molecule has 0 bridgehead atoms. The molecule has 1 aliphatic carbocycles. The van der Waals surface area contributed by atoms with Crippen LogP contribution < -0.4 is 14.8 Å². The number of methoxy groups -OCH3 is 1. The van der Waals surface area contributed by atoms with E-state index in [0.717, 1.165) is 11.1 Å². The predicted molar refractivity (Wildman–Crippen MR) is 106 cm³/mol. The van der Waals surface area contributed by atoms with Crippen molar-refractivity contribution in [2.24, 2.45) is 10.6 Å². The van der Waals surface area contributed by atoms with Gasteiger partial charge < -0.3 is 9.64 Å². The van der Waals surface area contributed by atoms with Gasteiger partial charge in [-0.15, -0.1) is 0 Å². The van der Waals surface area contributed by atoms with E-state index >= 15 is 0 Å². The average Bonchev–Trinajstić information content (AvgIpc) is 2.63. The SMILES string of the molecule is COc1cccc2c(N3CC4(CC(N(CC(F)F)S(N)(=O)=O)C4)C3)c(C#N)cnc12. The molecule has 0 unspecified atom stereocenters. The summed E-state index contributed by atoms with van der Waals surface area (Å²) in [6.07, 6.45) is -0.351. The maximum absolute atomic E-state index is 12.8. The number of aromatic nitrogens is 1. The molecule has 0 atom stereocenters. The quantitative estimate of drug-likeness (QED) is 0.738. The number of halogens is 2. The number of hydrogen-bond donors (Lipinski definition) is 1. The molecule has 8 nitrogen and oxygen atoms in total. The highest BCUT2D eigenvalue weighted by Crippen LogP contribution is 2.53. The monoisotopic (exact) mass is 437 g/mol. The topological polar surface area (TPSA) is 113 Å². The predicted octanol–water partition coefficient (Wildman–Crippen LogP) is 1.85. The van der Waals surface area contributed by atoms with Gasteiger partial charge in [0.25, 0.3) is 16.6 Å². The summed E-state index contributed by atoms with van der Waals surface area (Å²) in [6.45, 7) is 0.305. The Kier molecular flexibility index (Phi) is 5.04. The standard InChI is InChI=1S/C19H21F2N5O3S/c1-29-15-4-2-3-14-17(15)24-8-12(7-22)18(14)25-10-19(11-25)5-13(6-19)26(9-16(20)21)30(23,27)28/h2-4,8,13,16H,5-6,9-11H2,1H3,(H2,23,27,28). The van der Waals surface area contributed by atoms with Gasteiger partial charge >= 0.3 is 0 Å². The minimum Gasteiger partial charge on any atom is -0.494 e. The van der Waals surface area contributed by atoms with Crippen molar-refractivity contribution in [2.45, 2.75) is 25.3 Å². The molecule has 1 aromatic carbocycles. The number of rotatable bonds is 6. The lowest BCUT2D eigenvalue weighted by molar-refractivity contribution is -0.00404. The summed E-state index contributed by atoms with van der Waals surface area (Å²) in [4.78, 5) is 6.40. The molecule has 1 saturated carbocycles. The highest BCUT2D eigenvalue weighted by atomic mass is 32.2. The van der Waals surface area contributed by atoms with E-state index in [1.54, 1.807) is 13.2 Å². The van der Waals surface area contributed by atoms with E-state index in [1.165, 1.54) is 6.20 Å². The Morgan fingerprint density at radius 1 is 1.43 bits per heavy atom. The lowest BCUT2D eigenvalue weighted by atomic mass is 9.60. The van der Waals surface area contributed by atoms with Crippen molar-refractivity contribution in [2.75, 3.05) is 31.6 Å². The number of benzene rings is 1. The molecule has 1 spiro atoms. The number of nitrogens with two attached hydrogens (primary N) is 1. The van der Waals surface area contributed by atoms with Crippen LogP contribution in [0.3, 0.4) is 0 Å². The molecule has 2 aliphatic rings. The smallest absolute Gasteiger partial charge is 0.277 e. The first-order chi connectivity index (χ1) is 14.2. The van der Waals surface area contributed by atoms with Crippen LogP contribution in [0.15, 0.2) is 24.4 Å². The Morgan fingerprint density at radius 2 is 2.13 bits per heavy atom. The van der Waals surface area contributed by atoms with Gasteiger partial charge in [0, 0.05) is 36.1 Å². The van der Waals surface area contributed by atoms with Crippen LogP contribution in [0.2, 0.25) is 0 Å². The summed E-state index contributed by atoms with van der Waals surface area (Å²) in [7, 11) is -2.64. The largest absolute Gasteiger partial charge is 0.494 e. The maximum atomic E-state index is 12.8. The zero-order valence-electron chi connectivity index (χ0n) is 16.3. The Labute approximate surface area is 173 Å². The fraction of sp³-hybridized carbons (Fsp3) is 0.474. The number of ether oxygens (including phenoxy) is 1. The Balaban J connectivity index is 1.55. The van der Waals surface area contributed by atoms with Crippen LogP contribution in [-0.4, -0.2) is 56.9 Å². The number of alkyl halides is 2. The van der Waals surface area contributed by atoms with Crippen molar-refractivity contribution in [3.05, 3.63) is 30.0 Å². The minimum atomic E-state index is -4.19. The van der Waals surface area contributed by atoms with Crippen LogP contribution in [0.1, 0.15) is 18.4 Å². The second-order valence-corrected chi connectivity index (χ2v) is 9.41. The minimum absolute atomic E-state index is 0.170. The molecule has 2 fully saturated rings. The molecule has 1 aliphatic heterocycles. The molecule has 160 valence electrons. The van der Waals surface area contributed by atoms with E-state index in [1.807, 2.05) is 17.0 Å². The zero-order valence-corrected chi connectivity index (χ0v) is 17.1. The highest BCUT2D eigenvalue weighted by Gasteiger charge is 2.56. The molecule has 0 radical (unpaired) electrons. The van der Waals surface area contributed by atoms with E-state index in [2.05, 4.69) is 11.1 Å². The number of pyridine rings is 1. The third-order valence-corrected chi connectivity index (χ3v) is 7.03. The summed E-state index contributed by atoms with van der Waals surface area (Å²) in [6, 6.07) is 7.15. The lowest BCUT2D eigenvalue weighted by Crippen LogP contribution is -2.68. The molecule has 4 rings (SSSR count). The summed E-state index contributed by atoms with van der Waals surface area (Å²) in [5, 5.41) is 15.5. The Morgan fingerprint density at radius 3 is 2.70 bits per heavy atom. The van der Waals surface area contributed by atoms with Crippen LogP contribution in [0.25, 0.3) is 10.9 Å². The van der Waals surface area contributed by atoms with Crippen molar-refractivity contribution in [3.63, 3.8) is 0 Å². The van der Waals surface area contributed by atoms with Crippen molar-refractivity contribution in [1.82, 2.24) is 9.29 Å². The number of anilines is 1. The highest BCUT2D eigenvalue weighted by molar-refractivity contribution is 7.86. The molecule has 0 amide bonds. The lowest BCUT2D eigenvalue weighted by Gasteiger charge is -2.61. The van der Waals surface area contributed by atoms with Crippen molar-refractivity contribution >= 4 is 26.8 Å². The van der Waals surface area contributed by atoms with Crippen LogP contribution >= 0.6 is 0 Å². The van der Waals surface area contributed by atoms with Crippen LogP contribution in [0, 0.1) is 16.7 Å². The van der Waals surface area contributed by atoms with E-state index in [4.69, 9.17) is 9.88 Å². The fourth-order valence-corrected chi connectivity index (χ4v) is 5.57. The van der Waals surface area contributed by atoms with Crippen LogP contribution in [0.4, 0.5) is 14.5 Å². The molecule has 2 heterocycles. The maximum Gasteiger partial charge on any atom is 0.277 e. The fourth-order valence-electron chi connectivity index (χ4n) is 4.69. The van der Waals surface area contributed by atoms with Gasteiger partial charge in [-0.1, -0.05) is 12.1 Å². The number of hydrogen-bond acceptors (Lipinski definition) is 6. The van der Waals surface area contributed by atoms with Gasteiger partial charge in [-0.2, -0.15) is 18.0 Å². The zero-order chi connectivity index (χ0) is 21.7. The molecular weight excluding hydrogens is 416 g/mol. The Hall–Kier alpha value is -2.55. The van der Waals surface area contributed by atoms with E-state index in [-0.39, 0.29) is 5.41 Å². The van der Waals surface area contributed by atoms with Crippen LogP contribution in [-0.2, 0) is 10.2 Å². The van der Waals surface area contributed by atoms with Gasteiger partial charge in [-0.3, -0.25) is 4.98 Å². The van der Waals surface area contributed by atoms with Crippen molar-refractivity contribution in [1.29, 1.82) is 5.26 Å². The first-order valence-electron chi connectivity index (χ1n) is 9.36. The van der Waals surface area contributed by atoms with Crippen LogP contribution in [0.5, 0.6) is 5.75 Å². The summed E-state index contributed by atoms with van der Waals surface area (Å²) >= 11 is 0. The molecular formula is C19H21F2N5O3S. The first kappa shape index (κ1) is 20.7. The normalized spacial score (nSPS) is 18.5. The number of nitriles is 1. The van der Waals surface area contributed by atoms with E-state index in [0.29, 0.717) is 47.1 Å². The first-order valence-corrected chi connectivity index (χ1v) is 10.9.